The second-order valence-electron chi connectivity index (χ2n) is 8.29. The fourth-order valence-electron chi connectivity index (χ4n) is 4.81. The van der Waals surface area contributed by atoms with Crippen molar-refractivity contribution in [1.82, 2.24) is 10.3 Å². The highest BCUT2D eigenvalue weighted by molar-refractivity contribution is 7.09. The number of aromatic nitrogens is 1. The molecule has 1 amide bonds. The van der Waals surface area contributed by atoms with Crippen LogP contribution in [0, 0.1) is 12.8 Å². The van der Waals surface area contributed by atoms with Gasteiger partial charge in [-0.2, -0.15) is 0 Å². The average molecular weight is 414 g/mol. The third-order valence-corrected chi connectivity index (χ3v) is 7.14. The van der Waals surface area contributed by atoms with Crippen molar-refractivity contribution in [3.05, 3.63) is 34.2 Å². The van der Waals surface area contributed by atoms with Gasteiger partial charge in [-0.3, -0.25) is 4.79 Å². The van der Waals surface area contributed by atoms with Gasteiger partial charge < -0.3 is 15.3 Å². The number of rotatable bonds is 7. The van der Waals surface area contributed by atoms with E-state index in [0.29, 0.717) is 12.5 Å². The van der Waals surface area contributed by atoms with Crippen molar-refractivity contribution in [2.45, 2.75) is 57.9 Å². The molecule has 2 aromatic rings. The summed E-state index contributed by atoms with van der Waals surface area (Å²) in [6, 6.07) is 6.56. The summed E-state index contributed by atoms with van der Waals surface area (Å²) in [6.45, 7) is 3.28. The van der Waals surface area contributed by atoms with Gasteiger partial charge in [-0.25, -0.2) is 4.98 Å². The molecule has 0 radical (unpaired) electrons. The first-order chi connectivity index (χ1) is 14.2. The minimum absolute atomic E-state index is 0.125. The lowest BCUT2D eigenvalue weighted by molar-refractivity contribution is -0.117. The maximum absolute atomic E-state index is 12.9. The summed E-state index contributed by atoms with van der Waals surface area (Å²) < 4.78 is 0. The van der Waals surface area contributed by atoms with Crippen molar-refractivity contribution >= 4 is 22.9 Å². The number of aliphatic hydroxyl groups is 1. The second kappa shape index (κ2) is 9.37. The highest BCUT2D eigenvalue weighted by Gasteiger charge is 2.27. The highest BCUT2D eigenvalue weighted by atomic mass is 32.1. The Labute approximate surface area is 177 Å². The van der Waals surface area contributed by atoms with E-state index in [0.717, 1.165) is 41.3 Å². The van der Waals surface area contributed by atoms with Crippen LogP contribution >= 0.6 is 11.3 Å². The lowest BCUT2D eigenvalue weighted by Gasteiger charge is -2.31. The molecular weight excluding hydrogens is 382 g/mol. The van der Waals surface area contributed by atoms with Crippen molar-refractivity contribution in [3.63, 3.8) is 0 Å². The quantitative estimate of drug-likeness (QED) is 0.722. The lowest BCUT2D eigenvalue weighted by Crippen LogP contribution is -2.44. The van der Waals surface area contributed by atoms with Crippen LogP contribution in [0.3, 0.4) is 0 Å². The third kappa shape index (κ3) is 4.71. The predicted octanol–water partition coefficient (Wildman–Crippen LogP) is 3.93. The van der Waals surface area contributed by atoms with Gasteiger partial charge in [0.2, 0.25) is 5.91 Å². The number of aliphatic hydroxyl groups excluding tert-OH is 1. The van der Waals surface area contributed by atoms with E-state index in [1.807, 2.05) is 11.8 Å². The van der Waals surface area contributed by atoms with E-state index in [4.69, 9.17) is 0 Å². The Morgan fingerprint density at radius 2 is 2.17 bits per heavy atom. The van der Waals surface area contributed by atoms with Gasteiger partial charge in [0.15, 0.2) is 0 Å². The molecule has 0 spiro atoms. The first kappa shape index (κ1) is 20.5. The monoisotopic (exact) mass is 413 g/mol. The molecule has 0 bridgehead atoms. The Bertz CT molecular complexity index is 844. The maximum Gasteiger partial charge on any atom is 0.240 e. The average Bonchev–Trinajstić information content (AvgIpc) is 3.37. The number of benzene rings is 1. The van der Waals surface area contributed by atoms with Crippen molar-refractivity contribution in [1.29, 1.82) is 0 Å². The van der Waals surface area contributed by atoms with Gasteiger partial charge in [0.25, 0.3) is 0 Å². The fourth-order valence-corrected chi connectivity index (χ4v) is 5.43. The van der Waals surface area contributed by atoms with Crippen molar-refractivity contribution in [2.75, 3.05) is 24.6 Å². The number of hydrogen-bond acceptors (Lipinski definition) is 5. The molecule has 0 saturated heterocycles. The Morgan fingerprint density at radius 3 is 2.90 bits per heavy atom. The summed E-state index contributed by atoms with van der Waals surface area (Å²) in [5.41, 5.74) is 4.39. The zero-order valence-corrected chi connectivity index (χ0v) is 18.0. The van der Waals surface area contributed by atoms with Gasteiger partial charge in [0.1, 0.15) is 0 Å². The molecule has 1 unspecified atom stereocenters. The van der Waals surface area contributed by atoms with Gasteiger partial charge in [-0.1, -0.05) is 25.3 Å². The van der Waals surface area contributed by atoms with Gasteiger partial charge in [-0.15, -0.1) is 11.3 Å². The predicted molar refractivity (Wildman–Crippen MR) is 118 cm³/mol. The van der Waals surface area contributed by atoms with Crippen molar-refractivity contribution < 1.29 is 9.90 Å². The molecule has 1 saturated carbocycles. The van der Waals surface area contributed by atoms with Crippen LogP contribution in [0.25, 0.3) is 11.3 Å². The largest absolute Gasteiger partial charge is 0.396 e. The van der Waals surface area contributed by atoms with Crippen LogP contribution in [0.4, 0.5) is 5.69 Å². The van der Waals surface area contributed by atoms with Crippen LogP contribution in [0.15, 0.2) is 23.6 Å². The molecule has 2 N–H and O–H groups in total. The number of hydrogen-bond donors (Lipinski definition) is 2. The first-order valence-electron chi connectivity index (χ1n) is 10.9. The number of nitrogens with zero attached hydrogens (tertiary/aromatic N) is 2. The third-order valence-electron chi connectivity index (χ3n) is 6.37. The van der Waals surface area contributed by atoms with Crippen LogP contribution in [-0.4, -0.2) is 41.7 Å². The molecule has 4 rings (SSSR count). The molecule has 1 atom stereocenters. The minimum atomic E-state index is 0.125. The number of nitrogens with one attached hydrogen (secondary N) is 1. The van der Waals surface area contributed by atoms with Crippen LogP contribution < -0.4 is 10.2 Å². The zero-order valence-electron chi connectivity index (χ0n) is 17.2. The topological polar surface area (TPSA) is 65.5 Å². The second-order valence-corrected chi connectivity index (χ2v) is 9.35. The number of carbonyl (C=O) groups is 1. The van der Waals surface area contributed by atoms with Crippen LogP contribution in [0.5, 0.6) is 0 Å². The molecule has 2 heterocycles. The summed E-state index contributed by atoms with van der Waals surface area (Å²) in [4.78, 5) is 19.4. The molecule has 1 aromatic carbocycles. The number of fused-ring (bicyclic) bond motifs is 1. The van der Waals surface area contributed by atoms with Crippen LogP contribution in [0.2, 0.25) is 0 Å². The van der Waals surface area contributed by atoms with Gasteiger partial charge >= 0.3 is 0 Å². The maximum atomic E-state index is 12.9. The number of aryl methyl sites for hydroxylation is 1. The number of thiazole rings is 1. The summed E-state index contributed by atoms with van der Waals surface area (Å²) in [6.07, 6.45) is 7.87. The summed E-state index contributed by atoms with van der Waals surface area (Å²) in [5, 5.41) is 16.1. The smallest absolute Gasteiger partial charge is 0.240 e. The molecule has 1 fully saturated rings. The number of carbonyl (C=O) groups excluding carboxylic acids is 1. The first-order valence-corrected chi connectivity index (χ1v) is 11.7. The molecule has 29 heavy (non-hydrogen) atoms. The van der Waals surface area contributed by atoms with Gasteiger partial charge in [0.05, 0.1) is 17.2 Å². The van der Waals surface area contributed by atoms with E-state index in [1.165, 1.54) is 37.7 Å². The zero-order chi connectivity index (χ0) is 20.2. The molecule has 156 valence electrons. The molecular formula is C23H31N3O2S. The molecule has 1 aromatic heterocycles. The lowest BCUT2D eigenvalue weighted by atomic mass is 9.83. The van der Waals surface area contributed by atoms with Crippen molar-refractivity contribution in [3.8, 4) is 11.3 Å². The fraction of sp³-hybridized carbons (Fsp3) is 0.565. The van der Waals surface area contributed by atoms with E-state index < -0.39 is 0 Å². The Kier molecular flexibility index (Phi) is 6.63. The molecule has 1 aliphatic heterocycles. The molecule has 6 heteroatoms. The van der Waals surface area contributed by atoms with Gasteiger partial charge in [0, 0.05) is 35.8 Å². The van der Waals surface area contributed by atoms with Gasteiger partial charge in [-0.05, 0) is 56.2 Å². The Balaban J connectivity index is 1.40. The summed E-state index contributed by atoms with van der Waals surface area (Å²) >= 11 is 1.66. The minimum Gasteiger partial charge on any atom is -0.396 e. The van der Waals surface area contributed by atoms with E-state index in [9.17, 15) is 9.90 Å². The molecule has 2 aliphatic rings. The SMILES string of the molecule is Cc1nc(-c2ccc3c(c2)CCN3C(=O)CNC(CCO)C2CCCCC2)cs1. The normalized spacial score (nSPS) is 18.1. The standard InChI is InChI=1S/C23H31N3O2S/c1-16-25-21(15-29-16)18-7-8-22-19(13-18)9-11-26(22)23(28)14-24-20(10-12-27)17-5-3-2-4-6-17/h7-8,13,15,17,20,24,27H,2-6,9-12,14H2,1H3. The number of anilines is 1. The molecule has 5 nitrogen and oxygen atoms in total. The number of amides is 1. The van der Waals surface area contributed by atoms with E-state index in [2.05, 4.69) is 33.9 Å². The van der Waals surface area contributed by atoms with Crippen molar-refractivity contribution in [2.24, 2.45) is 5.92 Å². The van der Waals surface area contributed by atoms with E-state index in [1.54, 1.807) is 11.3 Å². The van der Waals surface area contributed by atoms with Crippen LogP contribution in [0.1, 0.15) is 49.1 Å². The van der Waals surface area contributed by atoms with Crippen LogP contribution in [-0.2, 0) is 11.2 Å². The summed E-state index contributed by atoms with van der Waals surface area (Å²) in [7, 11) is 0. The Morgan fingerprint density at radius 1 is 1.34 bits per heavy atom. The summed E-state index contributed by atoms with van der Waals surface area (Å²) in [5.74, 6) is 0.707. The highest BCUT2D eigenvalue weighted by Crippen LogP contribution is 2.33. The molecule has 1 aliphatic carbocycles. The van der Waals surface area contributed by atoms with E-state index in [-0.39, 0.29) is 18.6 Å². The Hall–Kier alpha value is -1.76. The van der Waals surface area contributed by atoms with E-state index >= 15 is 0 Å².